The van der Waals surface area contributed by atoms with Gasteiger partial charge in [-0.15, -0.1) is 0 Å². The first-order chi connectivity index (χ1) is 11.4. The molecule has 2 N–H and O–H groups in total. The highest BCUT2D eigenvalue weighted by atomic mass is 32.2. The van der Waals surface area contributed by atoms with Crippen LogP contribution < -0.4 is 10.0 Å². The fourth-order valence-electron chi connectivity index (χ4n) is 5.45. The number of carbonyl (C=O) groups excluding carboxylic acids is 1. The molecule has 4 fully saturated rings. The van der Waals surface area contributed by atoms with E-state index >= 15 is 0 Å². The Balaban J connectivity index is 1.38. The zero-order valence-corrected chi connectivity index (χ0v) is 14.5. The van der Waals surface area contributed by atoms with Crippen molar-refractivity contribution < 1.29 is 13.2 Å². The topological polar surface area (TPSA) is 75.3 Å². The van der Waals surface area contributed by atoms with Crippen molar-refractivity contribution in [3.8, 4) is 0 Å². The minimum absolute atomic E-state index is 0.0793. The number of nitrogens with one attached hydrogen (secondary N) is 2. The lowest BCUT2D eigenvalue weighted by molar-refractivity contribution is -0.125. The smallest absolute Gasteiger partial charge is 0.241 e. The molecule has 4 saturated carbocycles. The van der Waals surface area contributed by atoms with Crippen LogP contribution >= 0.6 is 0 Å². The predicted octanol–water partition coefficient (Wildman–Crippen LogP) is 2.05. The summed E-state index contributed by atoms with van der Waals surface area (Å²) in [6, 6.07) is 8.16. The number of amides is 1. The summed E-state index contributed by atoms with van der Waals surface area (Å²) in [6.07, 6.45) is 7.14. The molecule has 0 aromatic heterocycles. The van der Waals surface area contributed by atoms with Gasteiger partial charge in [0, 0.05) is 5.54 Å². The minimum atomic E-state index is -3.63. The average molecular weight is 348 g/mol. The van der Waals surface area contributed by atoms with Gasteiger partial charge in [0.15, 0.2) is 0 Å². The molecule has 4 bridgehead atoms. The maximum Gasteiger partial charge on any atom is 0.241 e. The fourth-order valence-corrected chi connectivity index (χ4v) is 6.45. The molecule has 1 aromatic rings. The van der Waals surface area contributed by atoms with Crippen LogP contribution in [0.3, 0.4) is 0 Å². The average Bonchev–Trinajstić information content (AvgIpc) is 2.52. The fraction of sp³-hybridized carbons (Fsp3) is 0.611. The van der Waals surface area contributed by atoms with Gasteiger partial charge in [-0.2, -0.15) is 0 Å². The van der Waals surface area contributed by atoms with Crippen LogP contribution in [0.4, 0.5) is 0 Å². The second-order valence-corrected chi connectivity index (χ2v) is 9.65. The first-order valence-electron chi connectivity index (χ1n) is 8.80. The highest BCUT2D eigenvalue weighted by molar-refractivity contribution is 7.89. The molecule has 0 heterocycles. The Morgan fingerprint density at radius 1 is 1.00 bits per heavy atom. The number of carbonyl (C=O) groups is 1. The van der Waals surface area contributed by atoms with Crippen LogP contribution in [0, 0.1) is 17.8 Å². The second-order valence-electron chi connectivity index (χ2n) is 7.88. The van der Waals surface area contributed by atoms with Crippen LogP contribution in [0.15, 0.2) is 35.2 Å². The van der Waals surface area contributed by atoms with E-state index < -0.39 is 10.0 Å². The van der Waals surface area contributed by atoms with E-state index in [9.17, 15) is 13.2 Å². The van der Waals surface area contributed by atoms with E-state index in [1.54, 1.807) is 18.2 Å². The molecule has 130 valence electrons. The lowest BCUT2D eigenvalue weighted by Gasteiger charge is -2.56. The van der Waals surface area contributed by atoms with E-state index in [-0.39, 0.29) is 22.9 Å². The van der Waals surface area contributed by atoms with E-state index in [0.717, 1.165) is 37.0 Å². The van der Waals surface area contributed by atoms with Crippen molar-refractivity contribution in [2.24, 2.45) is 17.8 Å². The molecule has 0 aliphatic heterocycles. The van der Waals surface area contributed by atoms with Crippen molar-refractivity contribution in [1.82, 2.24) is 10.0 Å². The zero-order chi connectivity index (χ0) is 16.8. The lowest BCUT2D eigenvalue weighted by Crippen LogP contribution is -2.60. The minimum Gasteiger partial charge on any atom is -0.349 e. The monoisotopic (exact) mass is 348 g/mol. The van der Waals surface area contributed by atoms with Crippen molar-refractivity contribution in [2.75, 3.05) is 6.54 Å². The van der Waals surface area contributed by atoms with Gasteiger partial charge in [0.05, 0.1) is 11.4 Å². The van der Waals surface area contributed by atoms with Crippen molar-refractivity contribution in [1.29, 1.82) is 0 Å². The van der Waals surface area contributed by atoms with Crippen LogP contribution in [0.25, 0.3) is 0 Å². The molecule has 0 saturated heterocycles. The Kier molecular flexibility index (Phi) is 3.92. The van der Waals surface area contributed by atoms with Gasteiger partial charge in [0.1, 0.15) is 0 Å². The molecule has 4 aliphatic carbocycles. The Hall–Kier alpha value is -1.40. The van der Waals surface area contributed by atoms with Crippen molar-refractivity contribution in [2.45, 2.75) is 49.0 Å². The maximum absolute atomic E-state index is 12.4. The van der Waals surface area contributed by atoms with Crippen molar-refractivity contribution in [3.63, 3.8) is 0 Å². The van der Waals surface area contributed by atoms with E-state index in [1.165, 1.54) is 31.4 Å². The Morgan fingerprint density at radius 3 is 2.08 bits per heavy atom. The molecular weight excluding hydrogens is 324 g/mol. The molecule has 5 nitrogen and oxygen atoms in total. The quantitative estimate of drug-likeness (QED) is 0.855. The summed E-state index contributed by atoms with van der Waals surface area (Å²) in [5.74, 6) is 2.03. The summed E-state index contributed by atoms with van der Waals surface area (Å²) in [4.78, 5) is 12.6. The maximum atomic E-state index is 12.4. The predicted molar refractivity (Wildman–Crippen MR) is 90.7 cm³/mol. The molecule has 6 heteroatoms. The summed E-state index contributed by atoms with van der Waals surface area (Å²) >= 11 is 0. The van der Waals surface area contributed by atoms with Gasteiger partial charge in [-0.3, -0.25) is 4.79 Å². The van der Waals surface area contributed by atoms with Gasteiger partial charge in [0.2, 0.25) is 15.9 Å². The molecular formula is C18H24N2O3S. The molecule has 4 aliphatic rings. The van der Waals surface area contributed by atoms with Gasteiger partial charge >= 0.3 is 0 Å². The standard InChI is InChI=1S/C18H24N2O3S/c21-17(12-19-24(22,23)16-4-2-1-3-5-16)20-18-9-13-6-14(10-18)8-15(7-13)11-18/h1-5,13-15,19H,6-12H2,(H,20,21). The lowest BCUT2D eigenvalue weighted by atomic mass is 9.53. The van der Waals surface area contributed by atoms with Crippen LogP contribution in [-0.4, -0.2) is 26.4 Å². The highest BCUT2D eigenvalue weighted by Crippen LogP contribution is 2.55. The van der Waals surface area contributed by atoms with Gasteiger partial charge < -0.3 is 5.32 Å². The number of rotatable bonds is 5. The molecule has 0 unspecified atom stereocenters. The van der Waals surface area contributed by atoms with Gasteiger partial charge in [-0.05, 0) is 68.4 Å². The number of hydrogen-bond donors (Lipinski definition) is 2. The first kappa shape index (κ1) is 16.1. The number of sulfonamides is 1. The third kappa shape index (κ3) is 3.09. The second kappa shape index (κ2) is 5.85. The van der Waals surface area contributed by atoms with E-state index in [2.05, 4.69) is 10.0 Å². The molecule has 5 rings (SSSR count). The molecule has 24 heavy (non-hydrogen) atoms. The number of hydrogen-bond acceptors (Lipinski definition) is 3. The summed E-state index contributed by atoms with van der Waals surface area (Å²) < 4.78 is 26.8. The molecule has 0 spiro atoms. The third-order valence-electron chi connectivity index (χ3n) is 5.92. The Morgan fingerprint density at radius 2 is 1.54 bits per heavy atom. The summed E-state index contributed by atoms with van der Waals surface area (Å²) in [7, 11) is -3.63. The Bertz CT molecular complexity index is 695. The molecule has 1 aromatic carbocycles. The van der Waals surface area contributed by atoms with Crippen LogP contribution in [0.1, 0.15) is 38.5 Å². The van der Waals surface area contributed by atoms with Gasteiger partial charge in [-0.1, -0.05) is 18.2 Å². The molecule has 1 amide bonds. The van der Waals surface area contributed by atoms with Gasteiger partial charge in [0.25, 0.3) is 0 Å². The largest absolute Gasteiger partial charge is 0.349 e. The van der Waals surface area contributed by atoms with Crippen molar-refractivity contribution in [3.05, 3.63) is 30.3 Å². The summed E-state index contributed by atoms with van der Waals surface area (Å²) in [6.45, 7) is -0.195. The van der Waals surface area contributed by atoms with E-state index in [1.807, 2.05) is 0 Å². The van der Waals surface area contributed by atoms with Gasteiger partial charge in [-0.25, -0.2) is 13.1 Å². The third-order valence-corrected chi connectivity index (χ3v) is 7.34. The summed E-state index contributed by atoms with van der Waals surface area (Å²) in [5.41, 5.74) is -0.0793. The molecule has 0 atom stereocenters. The normalized spacial score (nSPS) is 34.2. The highest BCUT2D eigenvalue weighted by Gasteiger charge is 2.51. The Labute approximate surface area is 143 Å². The summed E-state index contributed by atoms with van der Waals surface area (Å²) in [5, 5.41) is 3.18. The molecule has 0 radical (unpaired) electrons. The zero-order valence-electron chi connectivity index (χ0n) is 13.7. The van der Waals surface area contributed by atoms with Crippen LogP contribution in [0.5, 0.6) is 0 Å². The number of benzene rings is 1. The SMILES string of the molecule is O=C(CNS(=O)(=O)c1ccccc1)NC12CC3CC(CC(C3)C1)C2. The van der Waals surface area contributed by atoms with Crippen molar-refractivity contribution >= 4 is 15.9 Å². The first-order valence-corrected chi connectivity index (χ1v) is 10.3. The van der Waals surface area contributed by atoms with E-state index in [0.29, 0.717) is 0 Å². The van der Waals surface area contributed by atoms with Crippen LogP contribution in [0.2, 0.25) is 0 Å². The van der Waals surface area contributed by atoms with Crippen LogP contribution in [-0.2, 0) is 14.8 Å². The van der Waals surface area contributed by atoms with E-state index in [4.69, 9.17) is 0 Å².